The summed E-state index contributed by atoms with van der Waals surface area (Å²) in [5.41, 5.74) is 4.75. The van der Waals surface area contributed by atoms with Gasteiger partial charge in [-0.25, -0.2) is 4.39 Å². The number of rotatable bonds is 4. The molecule has 0 bridgehead atoms. The topological polar surface area (TPSA) is 101 Å². The molecule has 0 unspecified atom stereocenters. The summed E-state index contributed by atoms with van der Waals surface area (Å²) >= 11 is 2.27. The van der Waals surface area contributed by atoms with Crippen molar-refractivity contribution in [1.29, 1.82) is 0 Å². The standard InChI is InChI=1S/C26H16FNO4S2/c27-21-19-20(24(32)18-16(30)12-11-15(29)17(18)23(19)31)22(28)26(34-14-9-5-2-6-10-14)25(21)33-13-7-3-1-4-8-13/h1-12,29-30H,28H2. The van der Waals surface area contributed by atoms with Gasteiger partial charge >= 0.3 is 0 Å². The van der Waals surface area contributed by atoms with Crippen LogP contribution in [0.2, 0.25) is 0 Å². The van der Waals surface area contributed by atoms with E-state index in [0.717, 1.165) is 28.8 Å². The third-order valence-corrected chi connectivity index (χ3v) is 7.75. The lowest BCUT2D eigenvalue weighted by atomic mass is 9.82. The zero-order valence-corrected chi connectivity index (χ0v) is 19.0. The Morgan fingerprint density at radius 2 is 1.06 bits per heavy atom. The molecule has 4 aromatic rings. The van der Waals surface area contributed by atoms with Crippen LogP contribution in [-0.2, 0) is 0 Å². The molecule has 34 heavy (non-hydrogen) atoms. The number of aromatic hydroxyl groups is 2. The van der Waals surface area contributed by atoms with E-state index in [1.54, 1.807) is 24.3 Å². The maximum Gasteiger partial charge on any atom is 0.201 e. The molecule has 5 rings (SSSR count). The van der Waals surface area contributed by atoms with Crippen molar-refractivity contribution in [2.24, 2.45) is 0 Å². The third-order valence-electron chi connectivity index (χ3n) is 5.38. The van der Waals surface area contributed by atoms with Gasteiger partial charge in [-0.1, -0.05) is 59.9 Å². The van der Waals surface area contributed by atoms with Gasteiger partial charge in [-0.15, -0.1) is 0 Å². The molecule has 0 fully saturated rings. The molecule has 0 atom stereocenters. The average molecular weight is 490 g/mol. The Balaban J connectivity index is 1.79. The van der Waals surface area contributed by atoms with Crippen molar-refractivity contribution in [1.82, 2.24) is 0 Å². The van der Waals surface area contributed by atoms with E-state index in [4.69, 9.17) is 5.73 Å². The first kappa shape index (κ1) is 22.1. The molecule has 8 heteroatoms. The van der Waals surface area contributed by atoms with E-state index >= 15 is 4.39 Å². The van der Waals surface area contributed by atoms with E-state index in [9.17, 15) is 19.8 Å². The van der Waals surface area contributed by atoms with Crippen LogP contribution in [0.4, 0.5) is 10.1 Å². The fraction of sp³-hybridized carbons (Fsp3) is 0. The number of nitrogen functional groups attached to an aromatic ring is 1. The molecular formula is C26H16FNO4S2. The number of anilines is 1. The van der Waals surface area contributed by atoms with E-state index in [-0.39, 0.29) is 21.7 Å². The lowest BCUT2D eigenvalue weighted by Crippen LogP contribution is -2.25. The first-order chi connectivity index (χ1) is 16.4. The Morgan fingerprint density at radius 1 is 0.618 bits per heavy atom. The molecule has 0 saturated carbocycles. The maximum absolute atomic E-state index is 16.1. The fourth-order valence-electron chi connectivity index (χ4n) is 3.84. The van der Waals surface area contributed by atoms with Crippen LogP contribution < -0.4 is 5.73 Å². The first-order valence-electron chi connectivity index (χ1n) is 10.1. The van der Waals surface area contributed by atoms with E-state index in [1.165, 1.54) is 11.8 Å². The van der Waals surface area contributed by atoms with Gasteiger partial charge in [0, 0.05) is 9.79 Å². The molecular weight excluding hydrogens is 473 g/mol. The summed E-state index contributed by atoms with van der Waals surface area (Å²) in [5, 5.41) is 20.5. The largest absolute Gasteiger partial charge is 0.507 e. The van der Waals surface area contributed by atoms with Crippen LogP contribution in [-0.4, -0.2) is 21.8 Å². The van der Waals surface area contributed by atoms with Crippen molar-refractivity contribution >= 4 is 40.8 Å². The smallest absolute Gasteiger partial charge is 0.201 e. The number of halogens is 1. The summed E-state index contributed by atoms with van der Waals surface area (Å²) in [4.78, 5) is 28.6. The number of phenols is 2. The Bertz CT molecular complexity index is 1360. The number of carbonyl (C=O) groups excluding carboxylic acids is 2. The summed E-state index contributed by atoms with van der Waals surface area (Å²) in [7, 11) is 0. The van der Waals surface area contributed by atoms with E-state index in [1.807, 2.05) is 36.4 Å². The van der Waals surface area contributed by atoms with Crippen LogP contribution in [0.3, 0.4) is 0 Å². The van der Waals surface area contributed by atoms with Crippen LogP contribution in [0, 0.1) is 5.82 Å². The molecule has 5 nitrogen and oxygen atoms in total. The highest BCUT2D eigenvalue weighted by Gasteiger charge is 2.40. The Hall–Kier alpha value is -3.75. The van der Waals surface area contributed by atoms with Gasteiger partial charge in [0.1, 0.15) is 17.3 Å². The van der Waals surface area contributed by atoms with Gasteiger partial charge in [0.25, 0.3) is 0 Å². The van der Waals surface area contributed by atoms with Crippen molar-refractivity contribution in [3.8, 4) is 11.5 Å². The predicted molar refractivity (Wildman–Crippen MR) is 129 cm³/mol. The second-order valence-electron chi connectivity index (χ2n) is 7.48. The van der Waals surface area contributed by atoms with E-state index in [0.29, 0.717) is 9.79 Å². The second-order valence-corrected chi connectivity index (χ2v) is 9.65. The minimum atomic E-state index is -0.909. The SMILES string of the molecule is Nc1c(Sc2ccccc2)c(Sc2ccccc2)c(F)c2c1C(=O)c1c(O)ccc(O)c1C2=O. The Labute approximate surface area is 202 Å². The number of nitrogens with two attached hydrogens (primary N) is 1. The molecule has 0 spiro atoms. The summed E-state index contributed by atoms with van der Waals surface area (Å²) < 4.78 is 16.1. The number of ketones is 2. The number of benzene rings is 4. The van der Waals surface area contributed by atoms with Gasteiger partial charge in [-0.3, -0.25) is 9.59 Å². The van der Waals surface area contributed by atoms with Crippen molar-refractivity contribution in [3.63, 3.8) is 0 Å². The molecule has 0 amide bonds. The number of phenolic OH excluding ortho intramolecular Hbond substituents is 2. The molecule has 0 heterocycles. The highest BCUT2D eigenvalue weighted by atomic mass is 32.2. The lowest BCUT2D eigenvalue weighted by molar-refractivity contribution is 0.0970. The highest BCUT2D eigenvalue weighted by Crippen LogP contribution is 2.49. The third kappa shape index (κ3) is 3.52. The molecule has 4 aromatic carbocycles. The van der Waals surface area contributed by atoms with Crippen LogP contribution in [0.1, 0.15) is 31.8 Å². The zero-order chi connectivity index (χ0) is 24.0. The molecule has 1 aliphatic carbocycles. The van der Waals surface area contributed by atoms with Crippen molar-refractivity contribution in [3.05, 3.63) is 101 Å². The van der Waals surface area contributed by atoms with E-state index in [2.05, 4.69) is 0 Å². The maximum atomic E-state index is 16.1. The van der Waals surface area contributed by atoms with Crippen LogP contribution in [0.15, 0.2) is 92.4 Å². The summed E-state index contributed by atoms with van der Waals surface area (Å²) in [5.74, 6) is -3.64. The number of fused-ring (bicyclic) bond motifs is 2. The van der Waals surface area contributed by atoms with Gasteiger partial charge in [-0.2, -0.15) is 0 Å². The van der Waals surface area contributed by atoms with Crippen LogP contribution in [0.5, 0.6) is 11.5 Å². The highest BCUT2D eigenvalue weighted by molar-refractivity contribution is 8.02. The number of hydrogen-bond donors (Lipinski definition) is 3. The monoisotopic (exact) mass is 489 g/mol. The minimum absolute atomic E-state index is 0.0598. The molecule has 1 aliphatic rings. The van der Waals surface area contributed by atoms with Crippen molar-refractivity contribution in [2.75, 3.05) is 5.73 Å². The molecule has 0 saturated heterocycles. The van der Waals surface area contributed by atoms with Gasteiger partial charge in [-0.05, 0) is 36.4 Å². The summed E-state index contributed by atoms with van der Waals surface area (Å²) in [6.07, 6.45) is 0. The minimum Gasteiger partial charge on any atom is -0.507 e. The Morgan fingerprint density at radius 3 is 1.56 bits per heavy atom. The van der Waals surface area contributed by atoms with Gasteiger partial charge < -0.3 is 15.9 Å². The molecule has 4 N–H and O–H groups in total. The van der Waals surface area contributed by atoms with Gasteiger partial charge in [0.2, 0.25) is 11.6 Å². The van der Waals surface area contributed by atoms with Crippen molar-refractivity contribution < 1.29 is 24.2 Å². The van der Waals surface area contributed by atoms with Crippen LogP contribution in [0.25, 0.3) is 0 Å². The molecule has 0 aromatic heterocycles. The van der Waals surface area contributed by atoms with Gasteiger partial charge in [0.15, 0.2) is 0 Å². The predicted octanol–water partition coefficient (Wildman–Crippen LogP) is 5.90. The number of carbonyl (C=O) groups is 2. The van der Waals surface area contributed by atoms with Crippen molar-refractivity contribution in [2.45, 2.75) is 19.6 Å². The average Bonchev–Trinajstić information content (AvgIpc) is 2.84. The number of hydrogen-bond acceptors (Lipinski definition) is 7. The summed E-state index contributed by atoms with van der Waals surface area (Å²) in [6, 6.07) is 20.4. The lowest BCUT2D eigenvalue weighted by Gasteiger charge is -2.24. The fourth-order valence-corrected chi connectivity index (χ4v) is 5.93. The first-order valence-corrected chi connectivity index (χ1v) is 11.8. The Kier molecular flexibility index (Phi) is 5.55. The quantitative estimate of drug-likeness (QED) is 0.214. The molecule has 0 aliphatic heterocycles. The molecule has 0 radical (unpaired) electrons. The van der Waals surface area contributed by atoms with Gasteiger partial charge in [0.05, 0.1) is 37.7 Å². The summed E-state index contributed by atoms with van der Waals surface area (Å²) in [6.45, 7) is 0. The molecule has 168 valence electrons. The zero-order valence-electron chi connectivity index (χ0n) is 17.4. The normalized spacial score (nSPS) is 12.4. The second kappa shape index (κ2) is 8.55. The van der Waals surface area contributed by atoms with Crippen LogP contribution >= 0.6 is 23.5 Å². The van der Waals surface area contributed by atoms with E-state index < -0.39 is 40.0 Å².